The van der Waals surface area contributed by atoms with E-state index in [1.165, 1.54) is 11.1 Å². The minimum Gasteiger partial charge on any atom is -0.389 e. The topological polar surface area (TPSA) is 23.5 Å². The highest BCUT2D eigenvalue weighted by molar-refractivity contribution is 6.33. The van der Waals surface area contributed by atoms with Crippen molar-refractivity contribution < 1.29 is 5.11 Å². The van der Waals surface area contributed by atoms with Gasteiger partial charge in [-0.3, -0.25) is 0 Å². The van der Waals surface area contributed by atoms with Gasteiger partial charge in [0.2, 0.25) is 0 Å². The molecule has 0 heterocycles. The van der Waals surface area contributed by atoms with Gasteiger partial charge in [0.25, 0.3) is 0 Å². The summed E-state index contributed by atoms with van der Waals surface area (Å²) in [6.45, 7) is 4.66. The van der Waals surface area contributed by atoms with Crippen molar-refractivity contribution in [2.75, 3.05) is 11.9 Å². The normalized spacial score (nSPS) is 12.2. The van der Waals surface area contributed by atoms with Gasteiger partial charge in [0, 0.05) is 13.6 Å². The van der Waals surface area contributed by atoms with Gasteiger partial charge in [-0.2, -0.15) is 0 Å². The number of halogens is 1. The van der Waals surface area contributed by atoms with E-state index in [1.54, 1.807) is 6.92 Å². The average molecular weight is 290 g/mol. The lowest BCUT2D eigenvalue weighted by molar-refractivity contribution is 0.199. The van der Waals surface area contributed by atoms with Crippen LogP contribution < -0.4 is 4.90 Å². The molecule has 0 amide bonds. The molecule has 2 nitrogen and oxygen atoms in total. The number of benzene rings is 2. The predicted octanol–water partition coefficient (Wildman–Crippen LogP) is 4.34. The van der Waals surface area contributed by atoms with Crippen molar-refractivity contribution in [2.45, 2.75) is 26.5 Å². The van der Waals surface area contributed by atoms with Gasteiger partial charge in [-0.25, -0.2) is 0 Å². The quantitative estimate of drug-likeness (QED) is 0.905. The Hall–Kier alpha value is -1.51. The number of anilines is 1. The number of rotatable bonds is 4. The molecule has 0 fully saturated rings. The van der Waals surface area contributed by atoms with E-state index >= 15 is 0 Å². The summed E-state index contributed by atoms with van der Waals surface area (Å²) in [7, 11) is 2.02. The average Bonchev–Trinajstić information content (AvgIpc) is 2.41. The maximum atomic E-state index is 9.58. The fraction of sp³-hybridized carbons (Fsp3) is 0.294. The summed E-state index contributed by atoms with van der Waals surface area (Å²) >= 11 is 6.32. The molecule has 0 radical (unpaired) electrons. The Balaban J connectivity index is 2.21. The number of aliphatic hydroxyl groups is 1. The molecule has 1 atom stereocenters. The zero-order valence-corrected chi connectivity index (χ0v) is 12.9. The molecule has 0 saturated carbocycles. The van der Waals surface area contributed by atoms with Crippen molar-refractivity contribution in [3.63, 3.8) is 0 Å². The maximum Gasteiger partial charge on any atom is 0.0762 e. The van der Waals surface area contributed by atoms with E-state index in [2.05, 4.69) is 24.0 Å². The number of hydrogen-bond acceptors (Lipinski definition) is 2. The highest BCUT2D eigenvalue weighted by atomic mass is 35.5. The second-order valence-electron chi connectivity index (χ2n) is 5.17. The predicted molar refractivity (Wildman–Crippen MR) is 85.4 cm³/mol. The number of aliphatic hydroxyl groups excluding tert-OH is 1. The SMILES string of the molecule is Cc1ccccc1CN(C)c1ccc([C@@H](C)O)cc1Cl. The summed E-state index contributed by atoms with van der Waals surface area (Å²) in [5.41, 5.74) is 4.36. The van der Waals surface area contributed by atoms with Crippen LogP contribution >= 0.6 is 11.6 Å². The second kappa shape index (κ2) is 6.29. The van der Waals surface area contributed by atoms with Crippen LogP contribution in [0.4, 0.5) is 5.69 Å². The van der Waals surface area contributed by atoms with Crippen molar-refractivity contribution in [1.29, 1.82) is 0 Å². The molecule has 0 aliphatic heterocycles. The number of hydrogen-bond donors (Lipinski definition) is 1. The summed E-state index contributed by atoms with van der Waals surface area (Å²) in [5.74, 6) is 0. The molecule has 0 bridgehead atoms. The largest absolute Gasteiger partial charge is 0.389 e. The van der Waals surface area contributed by atoms with E-state index in [4.69, 9.17) is 11.6 Å². The summed E-state index contributed by atoms with van der Waals surface area (Å²) in [4.78, 5) is 2.12. The fourth-order valence-corrected chi connectivity index (χ4v) is 2.55. The molecule has 20 heavy (non-hydrogen) atoms. The molecule has 0 aromatic heterocycles. The van der Waals surface area contributed by atoms with E-state index in [0.717, 1.165) is 17.8 Å². The lowest BCUT2D eigenvalue weighted by atomic mass is 10.1. The number of nitrogens with zero attached hydrogens (tertiary/aromatic N) is 1. The van der Waals surface area contributed by atoms with Crippen molar-refractivity contribution in [1.82, 2.24) is 0 Å². The Morgan fingerprint density at radius 3 is 2.50 bits per heavy atom. The van der Waals surface area contributed by atoms with Crippen molar-refractivity contribution >= 4 is 17.3 Å². The third kappa shape index (κ3) is 3.33. The molecule has 3 heteroatoms. The maximum absolute atomic E-state index is 9.58. The van der Waals surface area contributed by atoms with Crippen molar-refractivity contribution in [3.05, 3.63) is 64.2 Å². The van der Waals surface area contributed by atoms with E-state index < -0.39 is 6.10 Å². The van der Waals surface area contributed by atoms with Gasteiger partial charge >= 0.3 is 0 Å². The summed E-state index contributed by atoms with van der Waals surface area (Å²) in [5, 5.41) is 10.2. The van der Waals surface area contributed by atoms with Gasteiger partial charge in [-0.15, -0.1) is 0 Å². The van der Waals surface area contributed by atoms with Gasteiger partial charge < -0.3 is 10.0 Å². The molecule has 1 N–H and O–H groups in total. The molecule has 2 aromatic carbocycles. The van der Waals surface area contributed by atoms with Gasteiger partial charge in [0.1, 0.15) is 0 Å². The van der Waals surface area contributed by atoms with Gasteiger partial charge in [-0.05, 0) is 42.7 Å². The summed E-state index contributed by atoms with van der Waals surface area (Å²) < 4.78 is 0. The minimum absolute atomic E-state index is 0.497. The Labute approximate surface area is 125 Å². The van der Waals surface area contributed by atoms with E-state index in [9.17, 15) is 5.11 Å². The zero-order valence-electron chi connectivity index (χ0n) is 12.1. The molecule has 0 unspecified atom stereocenters. The highest BCUT2D eigenvalue weighted by Gasteiger charge is 2.10. The fourth-order valence-electron chi connectivity index (χ4n) is 2.22. The van der Waals surface area contributed by atoms with Crippen LogP contribution in [0.2, 0.25) is 5.02 Å². The van der Waals surface area contributed by atoms with E-state index in [-0.39, 0.29) is 0 Å². The molecule has 0 saturated heterocycles. The van der Waals surface area contributed by atoms with Crippen molar-refractivity contribution in [3.8, 4) is 0 Å². The molecular weight excluding hydrogens is 270 g/mol. The van der Waals surface area contributed by atoms with Gasteiger partial charge in [0.15, 0.2) is 0 Å². The monoisotopic (exact) mass is 289 g/mol. The smallest absolute Gasteiger partial charge is 0.0762 e. The first-order valence-corrected chi connectivity index (χ1v) is 7.10. The second-order valence-corrected chi connectivity index (χ2v) is 5.58. The zero-order chi connectivity index (χ0) is 14.7. The lowest BCUT2D eigenvalue weighted by Crippen LogP contribution is -2.17. The summed E-state index contributed by atoms with van der Waals surface area (Å²) in [6.07, 6.45) is -0.497. The van der Waals surface area contributed by atoms with Crippen LogP contribution in [0, 0.1) is 6.92 Å². The lowest BCUT2D eigenvalue weighted by Gasteiger charge is -2.22. The molecule has 2 aromatic rings. The van der Waals surface area contributed by atoms with Crippen molar-refractivity contribution in [2.24, 2.45) is 0 Å². The van der Waals surface area contributed by atoms with Crippen LogP contribution in [0.25, 0.3) is 0 Å². The highest BCUT2D eigenvalue weighted by Crippen LogP contribution is 2.29. The van der Waals surface area contributed by atoms with Crippen LogP contribution in [-0.4, -0.2) is 12.2 Å². The van der Waals surface area contributed by atoms with E-state index in [0.29, 0.717) is 5.02 Å². The van der Waals surface area contributed by atoms with Crippen LogP contribution in [0.5, 0.6) is 0 Å². The van der Waals surface area contributed by atoms with Crippen LogP contribution in [0.3, 0.4) is 0 Å². The van der Waals surface area contributed by atoms with E-state index in [1.807, 2.05) is 37.4 Å². The standard InChI is InChI=1S/C17H20ClNO/c1-12-6-4-5-7-15(12)11-19(3)17-9-8-14(13(2)20)10-16(17)18/h4-10,13,20H,11H2,1-3H3/t13-/m1/s1. The minimum atomic E-state index is -0.497. The molecule has 0 aliphatic rings. The Kier molecular flexibility index (Phi) is 4.69. The van der Waals surface area contributed by atoms with Gasteiger partial charge in [-0.1, -0.05) is 41.9 Å². The Morgan fingerprint density at radius 1 is 1.20 bits per heavy atom. The van der Waals surface area contributed by atoms with Crippen LogP contribution in [0.1, 0.15) is 29.7 Å². The van der Waals surface area contributed by atoms with Crippen LogP contribution in [0.15, 0.2) is 42.5 Å². The Morgan fingerprint density at radius 2 is 1.90 bits per heavy atom. The molecule has 0 aliphatic carbocycles. The molecule has 2 rings (SSSR count). The Bertz CT molecular complexity index is 595. The molecular formula is C17H20ClNO. The first-order valence-electron chi connectivity index (χ1n) is 6.72. The molecule has 0 spiro atoms. The summed E-state index contributed by atoms with van der Waals surface area (Å²) in [6, 6.07) is 14.0. The third-order valence-corrected chi connectivity index (χ3v) is 3.84. The van der Waals surface area contributed by atoms with Gasteiger partial charge in [0.05, 0.1) is 16.8 Å². The first-order chi connectivity index (χ1) is 9.49. The number of aryl methyl sites for hydroxylation is 1. The first kappa shape index (κ1) is 14.9. The molecule has 106 valence electrons. The third-order valence-electron chi connectivity index (χ3n) is 3.53. The van der Waals surface area contributed by atoms with Crippen LogP contribution in [-0.2, 0) is 6.54 Å².